The van der Waals surface area contributed by atoms with Crippen molar-refractivity contribution in [2.75, 3.05) is 18.0 Å². The van der Waals surface area contributed by atoms with Gasteiger partial charge in [0, 0.05) is 25.2 Å². The average Bonchev–Trinajstić information content (AvgIpc) is 3.37. The van der Waals surface area contributed by atoms with E-state index in [1.807, 2.05) is 6.92 Å². The number of hydrogen-bond donors (Lipinski definition) is 1. The number of benzene rings is 1. The Hall–Kier alpha value is -3.62. The van der Waals surface area contributed by atoms with Crippen molar-refractivity contribution in [3.63, 3.8) is 0 Å². The van der Waals surface area contributed by atoms with E-state index in [1.54, 1.807) is 17.0 Å². The highest BCUT2D eigenvalue weighted by atomic mass is 19.1. The van der Waals surface area contributed by atoms with Crippen LogP contribution >= 0.6 is 0 Å². The van der Waals surface area contributed by atoms with Crippen LogP contribution in [-0.2, 0) is 0 Å². The Balaban J connectivity index is 1.33. The lowest BCUT2D eigenvalue weighted by atomic mass is 9.69. The summed E-state index contributed by atoms with van der Waals surface area (Å²) in [5, 5.41) is 3.23. The van der Waals surface area contributed by atoms with E-state index in [0.717, 1.165) is 37.3 Å². The SMILES string of the molecule is CC1(F)CCN(c2ccc3c(=O)c(C(=O)NC4(C)C=C5CC6CC(CC56)C4)cn(-c4ccc(F)cc4F)c3n2)C1. The van der Waals surface area contributed by atoms with E-state index in [0.29, 0.717) is 30.6 Å². The molecule has 40 heavy (non-hydrogen) atoms. The van der Waals surface area contributed by atoms with E-state index in [9.17, 15) is 18.4 Å². The van der Waals surface area contributed by atoms with Crippen molar-refractivity contribution in [3.8, 4) is 5.69 Å². The third-order valence-corrected chi connectivity index (χ3v) is 9.38. The van der Waals surface area contributed by atoms with Crippen LogP contribution in [0.15, 0.2) is 53.0 Å². The molecule has 3 fully saturated rings. The molecule has 1 amide bonds. The van der Waals surface area contributed by atoms with Gasteiger partial charge >= 0.3 is 0 Å². The Bertz CT molecular complexity index is 1660. The minimum absolute atomic E-state index is 0.0533. The van der Waals surface area contributed by atoms with E-state index >= 15 is 4.39 Å². The zero-order chi connectivity index (χ0) is 28.0. The minimum Gasteiger partial charge on any atom is -0.353 e. The van der Waals surface area contributed by atoms with Gasteiger partial charge in [0.25, 0.3) is 5.91 Å². The number of nitrogens with zero attached hydrogens (tertiary/aromatic N) is 3. The molecule has 2 saturated carbocycles. The largest absolute Gasteiger partial charge is 0.353 e. The molecule has 1 aromatic carbocycles. The van der Waals surface area contributed by atoms with E-state index in [1.165, 1.54) is 35.7 Å². The second-order valence-electron chi connectivity index (χ2n) is 12.7. The molecule has 0 spiro atoms. The lowest BCUT2D eigenvalue weighted by Crippen LogP contribution is -2.48. The molecule has 2 bridgehead atoms. The summed E-state index contributed by atoms with van der Waals surface area (Å²) in [4.78, 5) is 33.8. The second-order valence-corrected chi connectivity index (χ2v) is 12.7. The van der Waals surface area contributed by atoms with Gasteiger partial charge in [0.2, 0.25) is 5.43 Å². The number of aromatic nitrogens is 2. The van der Waals surface area contributed by atoms with Crippen LogP contribution in [0.2, 0.25) is 0 Å². The van der Waals surface area contributed by atoms with Crippen molar-refractivity contribution in [1.29, 1.82) is 0 Å². The lowest BCUT2D eigenvalue weighted by molar-refractivity contribution is 0.0910. The molecule has 4 aliphatic rings. The summed E-state index contributed by atoms with van der Waals surface area (Å²) in [6, 6.07) is 6.28. The number of hydrogen-bond acceptors (Lipinski definition) is 4. The molecule has 1 N–H and O–H groups in total. The third-order valence-electron chi connectivity index (χ3n) is 9.38. The molecule has 3 aromatic rings. The van der Waals surface area contributed by atoms with Crippen LogP contribution in [0.4, 0.5) is 19.0 Å². The predicted octanol–water partition coefficient (Wildman–Crippen LogP) is 5.47. The Morgan fingerprint density at radius 1 is 1.15 bits per heavy atom. The van der Waals surface area contributed by atoms with Crippen LogP contribution in [0.25, 0.3) is 16.7 Å². The molecule has 2 aromatic heterocycles. The molecule has 3 aliphatic carbocycles. The lowest BCUT2D eigenvalue weighted by Gasteiger charge is -2.39. The Morgan fingerprint density at radius 2 is 1.98 bits per heavy atom. The first-order valence-corrected chi connectivity index (χ1v) is 14.0. The quantitative estimate of drug-likeness (QED) is 0.440. The fourth-order valence-electron chi connectivity index (χ4n) is 7.54. The van der Waals surface area contributed by atoms with Crippen molar-refractivity contribution in [2.45, 2.75) is 57.2 Å². The highest BCUT2D eigenvalue weighted by molar-refractivity contribution is 5.98. The molecule has 208 valence electrons. The van der Waals surface area contributed by atoms with Gasteiger partial charge in [-0.15, -0.1) is 0 Å². The van der Waals surface area contributed by atoms with Crippen LogP contribution in [0, 0.1) is 29.4 Å². The molecular formula is C31H31F3N4O2. The number of carbonyl (C=O) groups excluding carboxylic acids is 1. The second kappa shape index (κ2) is 8.69. The number of carbonyl (C=O) groups is 1. The van der Waals surface area contributed by atoms with Gasteiger partial charge in [-0.2, -0.15) is 0 Å². The molecule has 1 saturated heterocycles. The predicted molar refractivity (Wildman–Crippen MR) is 146 cm³/mol. The summed E-state index contributed by atoms with van der Waals surface area (Å²) in [5.74, 6) is 0.190. The fourth-order valence-corrected chi connectivity index (χ4v) is 7.54. The van der Waals surface area contributed by atoms with Crippen molar-refractivity contribution >= 4 is 22.8 Å². The van der Waals surface area contributed by atoms with Gasteiger partial charge in [-0.05, 0) is 81.5 Å². The standard InChI is InChI=1S/C31H31F3N4O2/c1-30(34)7-8-37(16-30)26-6-4-21-27(39)23(15-38(28(21)35-26)25-5-3-20(32)12-24(25)33)29(40)36-31(2)13-17-9-18-11-19(14-31)22(18)10-17/h3-6,12,14-15,17-18,22H,7-11,13,16H2,1-2H3,(H,36,40). The fraction of sp³-hybridized carbons (Fsp3) is 0.452. The number of amides is 1. The highest BCUT2D eigenvalue weighted by Crippen LogP contribution is 2.57. The van der Waals surface area contributed by atoms with Gasteiger partial charge in [0.1, 0.15) is 28.7 Å². The van der Waals surface area contributed by atoms with Gasteiger partial charge in [0.05, 0.1) is 23.2 Å². The number of pyridine rings is 2. The summed E-state index contributed by atoms with van der Waals surface area (Å²) < 4.78 is 44.8. The van der Waals surface area contributed by atoms with Gasteiger partial charge in [-0.25, -0.2) is 18.2 Å². The van der Waals surface area contributed by atoms with Gasteiger partial charge in [-0.1, -0.05) is 11.6 Å². The van der Waals surface area contributed by atoms with Crippen molar-refractivity contribution in [3.05, 3.63) is 75.6 Å². The number of alkyl halides is 1. The Labute approximate surface area is 229 Å². The van der Waals surface area contributed by atoms with Crippen LogP contribution < -0.4 is 15.6 Å². The van der Waals surface area contributed by atoms with Gasteiger partial charge in [0.15, 0.2) is 5.65 Å². The molecule has 7 rings (SSSR count). The van der Waals surface area contributed by atoms with Gasteiger partial charge in [-0.3, -0.25) is 14.2 Å². The first kappa shape index (κ1) is 25.4. The van der Waals surface area contributed by atoms with Crippen LogP contribution in [0.1, 0.15) is 56.3 Å². The van der Waals surface area contributed by atoms with Crippen molar-refractivity contribution in [2.24, 2.45) is 17.8 Å². The summed E-state index contributed by atoms with van der Waals surface area (Å²) in [6.07, 6.45) is 8.00. The van der Waals surface area contributed by atoms with Crippen molar-refractivity contribution < 1.29 is 18.0 Å². The molecule has 3 heterocycles. The number of rotatable bonds is 4. The molecule has 0 radical (unpaired) electrons. The molecule has 5 unspecified atom stereocenters. The maximum atomic E-state index is 15.1. The Morgan fingerprint density at radius 3 is 2.73 bits per heavy atom. The normalized spacial score (nSPS) is 30.7. The smallest absolute Gasteiger partial charge is 0.257 e. The van der Waals surface area contributed by atoms with Crippen LogP contribution in [0.3, 0.4) is 0 Å². The van der Waals surface area contributed by atoms with Crippen LogP contribution in [-0.4, -0.2) is 39.8 Å². The zero-order valence-electron chi connectivity index (χ0n) is 22.5. The summed E-state index contributed by atoms with van der Waals surface area (Å²) in [7, 11) is 0. The first-order chi connectivity index (χ1) is 19.0. The maximum absolute atomic E-state index is 15.1. The summed E-state index contributed by atoms with van der Waals surface area (Å²) >= 11 is 0. The zero-order valence-corrected chi connectivity index (χ0v) is 22.5. The van der Waals surface area contributed by atoms with Gasteiger partial charge < -0.3 is 10.2 Å². The number of fused-ring (bicyclic) bond motifs is 2. The molecule has 6 nitrogen and oxygen atoms in total. The highest BCUT2D eigenvalue weighted by Gasteiger charge is 2.49. The molecule has 9 heteroatoms. The van der Waals surface area contributed by atoms with E-state index in [4.69, 9.17) is 0 Å². The Kier molecular flexibility index (Phi) is 5.51. The monoisotopic (exact) mass is 548 g/mol. The minimum atomic E-state index is -1.37. The first-order valence-electron chi connectivity index (χ1n) is 14.0. The number of anilines is 1. The topological polar surface area (TPSA) is 67.2 Å². The molecule has 5 atom stereocenters. The summed E-state index contributed by atoms with van der Waals surface area (Å²) in [5.41, 5.74) is -1.20. The average molecular weight is 549 g/mol. The molecule has 1 aliphatic heterocycles. The maximum Gasteiger partial charge on any atom is 0.257 e. The number of nitrogens with one attached hydrogen (secondary N) is 1. The summed E-state index contributed by atoms with van der Waals surface area (Å²) in [6.45, 7) is 4.10. The van der Waals surface area contributed by atoms with E-state index in [-0.39, 0.29) is 28.8 Å². The third kappa shape index (κ3) is 4.12. The van der Waals surface area contributed by atoms with E-state index in [2.05, 4.69) is 16.4 Å². The van der Waals surface area contributed by atoms with Crippen molar-refractivity contribution in [1.82, 2.24) is 14.9 Å². The van der Waals surface area contributed by atoms with Crippen LogP contribution in [0.5, 0.6) is 0 Å². The number of halogens is 3. The molecular weight excluding hydrogens is 517 g/mol. The number of allylic oxidation sites excluding steroid dienone is 1. The van der Waals surface area contributed by atoms with E-state index < -0.39 is 34.2 Å².